The summed E-state index contributed by atoms with van der Waals surface area (Å²) in [4.78, 5) is 17.1. The summed E-state index contributed by atoms with van der Waals surface area (Å²) in [6.45, 7) is 0. The fourth-order valence-electron chi connectivity index (χ4n) is 2.49. The minimum absolute atomic E-state index is 0.0141. The zero-order valence-electron chi connectivity index (χ0n) is 14.7. The number of phenols is 1. The number of nitrogens with zero attached hydrogens (tertiary/aromatic N) is 1. The topological polar surface area (TPSA) is 88.4 Å². The summed E-state index contributed by atoms with van der Waals surface area (Å²) in [5.41, 5.74) is 1.18. The molecule has 2 aromatic carbocycles. The highest BCUT2D eigenvalue weighted by molar-refractivity contribution is 8.18. The van der Waals surface area contributed by atoms with E-state index in [1.165, 1.54) is 14.2 Å². The number of hydrogen-bond donors (Lipinski definition) is 2. The molecule has 0 unspecified atom stereocenters. The lowest BCUT2D eigenvalue weighted by molar-refractivity contribution is -0.135. The van der Waals surface area contributed by atoms with E-state index in [1.54, 1.807) is 48.5 Å². The number of aliphatic hydroxyl groups excluding tert-OH is 1. The number of thioether (sulfide) groups is 1. The van der Waals surface area contributed by atoms with Gasteiger partial charge < -0.3 is 19.7 Å². The number of hydrogen-bond acceptors (Lipinski definition) is 7. The molecule has 0 spiro atoms. The number of phenolic OH excluding ortho intramolecular Hbond substituents is 1. The predicted octanol–water partition coefficient (Wildman–Crippen LogP) is 4.20. The Morgan fingerprint density at radius 1 is 1.11 bits per heavy atom. The number of para-hydroxylation sites is 2. The molecule has 0 aromatic heterocycles. The summed E-state index contributed by atoms with van der Waals surface area (Å²) in [6.07, 6.45) is 1.66. The highest BCUT2D eigenvalue weighted by atomic mass is 32.2. The zero-order chi connectivity index (χ0) is 19.4. The van der Waals surface area contributed by atoms with E-state index in [0.29, 0.717) is 26.9 Å². The predicted molar refractivity (Wildman–Crippen MR) is 105 cm³/mol. The van der Waals surface area contributed by atoms with Gasteiger partial charge in [-0.15, -0.1) is 0 Å². The van der Waals surface area contributed by atoms with Crippen LogP contribution in [0.15, 0.2) is 69.8 Å². The van der Waals surface area contributed by atoms with Gasteiger partial charge in [0.2, 0.25) is 0 Å². The van der Waals surface area contributed by atoms with Crippen molar-refractivity contribution >= 4 is 34.5 Å². The van der Waals surface area contributed by atoms with E-state index in [0.717, 1.165) is 11.8 Å². The van der Waals surface area contributed by atoms with Gasteiger partial charge in [0.05, 0.1) is 19.1 Å². The van der Waals surface area contributed by atoms with Crippen LogP contribution in [0.3, 0.4) is 0 Å². The molecule has 0 atom stereocenters. The number of ether oxygens (including phenoxy) is 2. The molecular weight excluding hydrogens is 366 g/mol. The lowest BCUT2D eigenvalue weighted by Crippen LogP contribution is -2.10. The third kappa shape index (κ3) is 3.98. The zero-order valence-corrected chi connectivity index (χ0v) is 15.5. The van der Waals surface area contributed by atoms with Crippen LogP contribution in [-0.2, 0) is 9.53 Å². The summed E-state index contributed by atoms with van der Waals surface area (Å²) in [5.74, 6) is -0.261. The molecule has 1 heterocycles. The summed E-state index contributed by atoms with van der Waals surface area (Å²) < 4.78 is 10.1. The first-order valence-electron chi connectivity index (χ1n) is 7.96. The molecule has 0 saturated heterocycles. The van der Waals surface area contributed by atoms with Gasteiger partial charge >= 0.3 is 5.97 Å². The third-order valence-electron chi connectivity index (χ3n) is 3.76. The maximum Gasteiger partial charge on any atom is 0.344 e. The van der Waals surface area contributed by atoms with Crippen LogP contribution >= 0.6 is 11.8 Å². The van der Waals surface area contributed by atoms with Gasteiger partial charge in [-0.05, 0) is 35.9 Å². The van der Waals surface area contributed by atoms with E-state index >= 15 is 0 Å². The van der Waals surface area contributed by atoms with Crippen LogP contribution in [0.4, 0.5) is 5.69 Å². The highest BCUT2D eigenvalue weighted by Gasteiger charge is 2.33. The van der Waals surface area contributed by atoms with Crippen LogP contribution in [0.25, 0.3) is 6.08 Å². The molecule has 138 valence electrons. The number of carbonyl (C=O) groups is 1. The second-order valence-electron chi connectivity index (χ2n) is 5.51. The van der Waals surface area contributed by atoms with Crippen molar-refractivity contribution in [2.75, 3.05) is 14.2 Å². The van der Waals surface area contributed by atoms with Crippen LogP contribution in [0.5, 0.6) is 11.5 Å². The van der Waals surface area contributed by atoms with Crippen molar-refractivity contribution in [1.82, 2.24) is 0 Å². The third-order valence-corrected chi connectivity index (χ3v) is 4.78. The first-order valence-corrected chi connectivity index (χ1v) is 8.77. The normalized spacial score (nSPS) is 16.8. The Bertz CT molecular complexity index is 978. The van der Waals surface area contributed by atoms with Crippen molar-refractivity contribution < 1.29 is 24.5 Å². The van der Waals surface area contributed by atoms with E-state index in [2.05, 4.69) is 4.99 Å². The number of carbonyl (C=O) groups excluding carboxylic acids is 1. The fraction of sp³-hybridized carbons (Fsp3) is 0.100. The number of benzene rings is 2. The molecule has 0 saturated carbocycles. The van der Waals surface area contributed by atoms with Crippen molar-refractivity contribution in [2.45, 2.75) is 0 Å². The highest BCUT2D eigenvalue weighted by Crippen LogP contribution is 2.41. The van der Waals surface area contributed by atoms with E-state index in [4.69, 9.17) is 9.47 Å². The molecule has 0 radical (unpaired) electrons. The van der Waals surface area contributed by atoms with Gasteiger partial charge in [0, 0.05) is 0 Å². The maximum absolute atomic E-state index is 12.2. The SMILES string of the molecule is COC(=O)C1=C(O)C(=Cc2cccc(O)c2)SC1=Nc1ccccc1OC. The molecule has 7 heteroatoms. The Labute approximate surface area is 160 Å². The number of aliphatic hydroxyl groups is 1. The Balaban J connectivity index is 2.08. The van der Waals surface area contributed by atoms with Crippen molar-refractivity contribution in [3.63, 3.8) is 0 Å². The first-order chi connectivity index (χ1) is 13.0. The van der Waals surface area contributed by atoms with Gasteiger partial charge in [-0.1, -0.05) is 36.0 Å². The average molecular weight is 383 g/mol. The van der Waals surface area contributed by atoms with Gasteiger partial charge in [-0.3, -0.25) is 0 Å². The van der Waals surface area contributed by atoms with Crippen molar-refractivity contribution in [3.05, 3.63) is 70.3 Å². The molecule has 0 aliphatic carbocycles. The Morgan fingerprint density at radius 2 is 1.89 bits per heavy atom. The molecule has 6 nitrogen and oxygen atoms in total. The number of esters is 1. The molecule has 2 aromatic rings. The monoisotopic (exact) mass is 383 g/mol. The average Bonchev–Trinajstić information content (AvgIpc) is 2.96. The second-order valence-corrected chi connectivity index (χ2v) is 6.54. The summed E-state index contributed by atoms with van der Waals surface area (Å²) >= 11 is 1.13. The summed E-state index contributed by atoms with van der Waals surface area (Å²) in [5, 5.41) is 20.5. The number of aromatic hydroxyl groups is 1. The molecular formula is C20H17NO5S. The van der Waals surface area contributed by atoms with E-state index < -0.39 is 5.97 Å². The Morgan fingerprint density at radius 3 is 2.59 bits per heavy atom. The van der Waals surface area contributed by atoms with Crippen molar-refractivity contribution in [2.24, 2.45) is 4.99 Å². The lowest BCUT2D eigenvalue weighted by Gasteiger charge is -2.05. The molecule has 0 amide bonds. The van der Waals surface area contributed by atoms with Crippen LogP contribution in [0.1, 0.15) is 5.56 Å². The Kier molecular flexibility index (Phi) is 5.52. The lowest BCUT2D eigenvalue weighted by atomic mass is 10.1. The van der Waals surface area contributed by atoms with Crippen LogP contribution in [0, 0.1) is 0 Å². The quantitative estimate of drug-likeness (QED) is 0.769. The van der Waals surface area contributed by atoms with Crippen molar-refractivity contribution in [3.8, 4) is 11.5 Å². The molecule has 1 aliphatic rings. The molecule has 0 bridgehead atoms. The van der Waals surface area contributed by atoms with Crippen LogP contribution in [-0.4, -0.2) is 35.4 Å². The van der Waals surface area contributed by atoms with Crippen LogP contribution < -0.4 is 4.74 Å². The molecule has 1 aliphatic heterocycles. The van der Waals surface area contributed by atoms with E-state index in [-0.39, 0.29) is 17.1 Å². The maximum atomic E-state index is 12.2. The van der Waals surface area contributed by atoms with Gasteiger partial charge in [-0.25, -0.2) is 9.79 Å². The summed E-state index contributed by atoms with van der Waals surface area (Å²) in [7, 11) is 2.77. The second kappa shape index (κ2) is 8.01. The first kappa shape index (κ1) is 18.6. The van der Waals surface area contributed by atoms with Crippen LogP contribution in [0.2, 0.25) is 0 Å². The smallest absolute Gasteiger partial charge is 0.344 e. The largest absolute Gasteiger partial charge is 0.508 e. The minimum atomic E-state index is -0.687. The molecule has 27 heavy (non-hydrogen) atoms. The van der Waals surface area contributed by atoms with Gasteiger partial charge in [0.15, 0.2) is 0 Å². The van der Waals surface area contributed by atoms with Gasteiger partial charge in [0.1, 0.15) is 33.6 Å². The van der Waals surface area contributed by atoms with Crippen molar-refractivity contribution in [1.29, 1.82) is 0 Å². The molecule has 2 N–H and O–H groups in total. The molecule has 3 rings (SSSR count). The number of methoxy groups -OCH3 is 2. The number of aliphatic imine (C=N–C) groups is 1. The molecule has 0 fully saturated rings. The van der Waals surface area contributed by atoms with E-state index in [1.807, 2.05) is 6.07 Å². The van der Waals surface area contributed by atoms with E-state index in [9.17, 15) is 15.0 Å². The summed E-state index contributed by atoms with van der Waals surface area (Å²) in [6, 6.07) is 13.7. The Hall–Kier alpha value is -3.19. The van der Waals surface area contributed by atoms with Gasteiger partial charge in [-0.2, -0.15) is 0 Å². The standard InChI is InChI=1S/C20H17NO5S/c1-25-15-9-4-3-8-14(15)21-19-17(20(24)26-2)18(23)16(27-19)11-12-6-5-7-13(22)10-12/h3-11,22-23H,1-2H3. The number of rotatable bonds is 4. The van der Waals surface area contributed by atoms with Gasteiger partial charge in [0.25, 0.3) is 0 Å². The minimum Gasteiger partial charge on any atom is -0.508 e. The fourth-order valence-corrected chi connectivity index (χ4v) is 3.52.